The molecule has 0 saturated heterocycles. The van der Waals surface area contributed by atoms with E-state index < -0.39 is 23.5 Å². The Labute approximate surface area is 351 Å². The standard InChI is InChI=1S/C53H33F6N3/c1-31-11-15-33(16-12-31)35-19-21-43-41-7-3-5-9-46(41)61(48(43)25-35)50-27-38(30-60)45(37-23-39(52(54,55)56)28-40(24-37)53(57,58)59)29-51(50)62-47-10-6-4-8-42(47)44-22-20-36(26-49(44)62)34-17-13-32(2)14-18-34/h3-29H,1-2H3. The molecular formula is C53H33F6N3. The number of hydrogen-bond donors (Lipinski definition) is 0. The van der Waals surface area contributed by atoms with Crippen LogP contribution in [0.25, 0.3) is 88.4 Å². The predicted molar refractivity (Wildman–Crippen MR) is 236 cm³/mol. The Kier molecular flexibility index (Phi) is 8.89. The zero-order valence-electron chi connectivity index (χ0n) is 33.2. The first-order valence-corrected chi connectivity index (χ1v) is 19.9. The molecule has 0 fully saturated rings. The van der Waals surface area contributed by atoms with Gasteiger partial charge in [0.25, 0.3) is 0 Å². The van der Waals surface area contributed by atoms with Gasteiger partial charge in [-0.05, 0) is 96.3 Å². The van der Waals surface area contributed by atoms with Crippen molar-refractivity contribution < 1.29 is 26.3 Å². The van der Waals surface area contributed by atoms with Crippen LogP contribution in [-0.4, -0.2) is 9.13 Å². The number of rotatable bonds is 5. The van der Waals surface area contributed by atoms with Crippen molar-refractivity contribution in [2.24, 2.45) is 0 Å². The van der Waals surface area contributed by atoms with Crippen molar-refractivity contribution in [1.82, 2.24) is 9.13 Å². The van der Waals surface area contributed by atoms with Crippen molar-refractivity contribution in [1.29, 1.82) is 5.26 Å². The number of hydrogen-bond acceptors (Lipinski definition) is 1. The van der Waals surface area contributed by atoms with Crippen LogP contribution in [0.5, 0.6) is 0 Å². The zero-order valence-corrected chi connectivity index (χ0v) is 33.2. The van der Waals surface area contributed by atoms with Crippen molar-refractivity contribution >= 4 is 43.6 Å². The van der Waals surface area contributed by atoms with Crippen LogP contribution in [0.4, 0.5) is 26.3 Å². The third kappa shape index (κ3) is 6.47. The van der Waals surface area contributed by atoms with E-state index in [4.69, 9.17) is 0 Å². The summed E-state index contributed by atoms with van der Waals surface area (Å²) in [6.45, 7) is 4.03. The number of fused-ring (bicyclic) bond motifs is 6. The molecule has 0 radical (unpaired) electrons. The Balaban J connectivity index is 1.36. The third-order valence-corrected chi connectivity index (χ3v) is 11.7. The SMILES string of the molecule is Cc1ccc(-c2ccc3c4ccccc4n(-c4cc(C#N)c(-c5cc(C(F)(F)F)cc(C(F)(F)F)c5)cc4-n4c5ccccc5c5ccc(-c6ccc(C)cc6)cc54)c3c2)cc1. The molecule has 0 aliphatic carbocycles. The second-order valence-corrected chi connectivity index (χ2v) is 15.7. The monoisotopic (exact) mass is 825 g/mol. The molecule has 0 N–H and O–H groups in total. The molecule has 8 aromatic carbocycles. The van der Waals surface area contributed by atoms with Gasteiger partial charge in [0.05, 0.1) is 56.2 Å². The van der Waals surface area contributed by atoms with Crippen LogP contribution in [0.3, 0.4) is 0 Å². The van der Waals surface area contributed by atoms with Crippen LogP contribution in [0, 0.1) is 25.2 Å². The van der Waals surface area contributed by atoms with Gasteiger partial charge < -0.3 is 9.13 Å². The van der Waals surface area contributed by atoms with Crippen LogP contribution < -0.4 is 0 Å². The Morgan fingerprint density at radius 2 is 0.806 bits per heavy atom. The Hall–Kier alpha value is -7.57. The molecule has 0 atom stereocenters. The van der Waals surface area contributed by atoms with E-state index in [1.54, 1.807) is 12.1 Å². The first kappa shape index (κ1) is 38.6. The van der Waals surface area contributed by atoms with E-state index in [2.05, 4.69) is 30.3 Å². The highest BCUT2D eigenvalue weighted by Crippen LogP contribution is 2.44. The molecule has 0 amide bonds. The van der Waals surface area contributed by atoms with Gasteiger partial charge in [0.2, 0.25) is 0 Å². The fraction of sp³-hybridized carbons (Fsp3) is 0.0755. The second-order valence-electron chi connectivity index (χ2n) is 15.7. The maximum Gasteiger partial charge on any atom is 0.416 e. The molecule has 0 saturated carbocycles. The average Bonchev–Trinajstić information content (AvgIpc) is 3.77. The summed E-state index contributed by atoms with van der Waals surface area (Å²) < 4.78 is 90.3. The Morgan fingerprint density at radius 3 is 1.24 bits per heavy atom. The molecule has 9 heteroatoms. The molecule has 0 unspecified atom stereocenters. The molecule has 62 heavy (non-hydrogen) atoms. The van der Waals surface area contributed by atoms with E-state index in [9.17, 15) is 31.6 Å². The minimum atomic E-state index is -5.09. The first-order valence-electron chi connectivity index (χ1n) is 19.9. The summed E-state index contributed by atoms with van der Waals surface area (Å²) in [4.78, 5) is 0. The van der Waals surface area contributed by atoms with Gasteiger partial charge in [-0.2, -0.15) is 31.6 Å². The van der Waals surface area contributed by atoms with Gasteiger partial charge in [-0.15, -0.1) is 0 Å². The highest BCUT2D eigenvalue weighted by molar-refractivity contribution is 6.13. The van der Waals surface area contributed by atoms with E-state index in [-0.39, 0.29) is 22.8 Å². The Bertz CT molecular complexity index is 3420. The highest BCUT2D eigenvalue weighted by atomic mass is 19.4. The third-order valence-electron chi connectivity index (χ3n) is 11.7. The van der Waals surface area contributed by atoms with Gasteiger partial charge >= 0.3 is 12.4 Å². The van der Waals surface area contributed by atoms with Gasteiger partial charge in [0.15, 0.2) is 0 Å². The molecule has 0 bridgehead atoms. The van der Waals surface area contributed by atoms with Crippen LogP contribution >= 0.6 is 0 Å². The van der Waals surface area contributed by atoms with E-state index in [1.165, 1.54) is 0 Å². The van der Waals surface area contributed by atoms with Crippen LogP contribution in [0.15, 0.2) is 164 Å². The van der Waals surface area contributed by atoms with Gasteiger partial charge in [-0.3, -0.25) is 0 Å². The number of halogens is 6. The molecule has 0 aliphatic heterocycles. The lowest BCUT2D eigenvalue weighted by molar-refractivity contribution is -0.143. The van der Waals surface area contributed by atoms with Crippen molar-refractivity contribution in [3.05, 3.63) is 192 Å². The maximum atomic E-state index is 14.4. The Morgan fingerprint density at radius 1 is 0.403 bits per heavy atom. The molecule has 10 aromatic rings. The lowest BCUT2D eigenvalue weighted by atomic mass is 9.94. The molecule has 2 aromatic heterocycles. The quantitative estimate of drug-likeness (QED) is 0.159. The van der Waals surface area contributed by atoms with Gasteiger partial charge in [-0.1, -0.05) is 120 Å². The molecule has 10 rings (SSSR count). The molecule has 3 nitrogen and oxygen atoms in total. The summed E-state index contributed by atoms with van der Waals surface area (Å²) >= 11 is 0. The minimum Gasteiger partial charge on any atom is -0.307 e. The second kappa shape index (κ2) is 14.3. The summed E-state index contributed by atoms with van der Waals surface area (Å²) in [5, 5.41) is 14.4. The number of nitrogens with zero attached hydrogens (tertiary/aromatic N) is 3. The number of nitriles is 1. The maximum absolute atomic E-state index is 14.4. The number of aryl methyl sites for hydroxylation is 2. The van der Waals surface area contributed by atoms with E-state index in [1.807, 2.05) is 132 Å². The van der Waals surface area contributed by atoms with E-state index in [0.29, 0.717) is 23.5 Å². The van der Waals surface area contributed by atoms with Crippen molar-refractivity contribution in [2.45, 2.75) is 26.2 Å². The van der Waals surface area contributed by atoms with Gasteiger partial charge in [-0.25, -0.2) is 0 Å². The number of aromatic nitrogens is 2. The van der Waals surface area contributed by atoms with E-state index >= 15 is 0 Å². The van der Waals surface area contributed by atoms with Crippen LogP contribution in [0.2, 0.25) is 0 Å². The fourth-order valence-electron chi connectivity index (χ4n) is 8.69. The lowest BCUT2D eigenvalue weighted by Gasteiger charge is -2.21. The number of para-hydroxylation sites is 2. The number of benzene rings is 8. The summed E-state index contributed by atoms with van der Waals surface area (Å²) in [5.74, 6) is 0. The van der Waals surface area contributed by atoms with E-state index in [0.717, 1.165) is 77.0 Å². The minimum absolute atomic E-state index is 0.0791. The number of alkyl halides is 6. The van der Waals surface area contributed by atoms with Gasteiger partial charge in [0, 0.05) is 27.1 Å². The normalized spacial score (nSPS) is 12.2. The van der Waals surface area contributed by atoms with Crippen LogP contribution in [0.1, 0.15) is 27.8 Å². The molecule has 0 spiro atoms. The average molecular weight is 826 g/mol. The van der Waals surface area contributed by atoms with Crippen molar-refractivity contribution in [3.63, 3.8) is 0 Å². The smallest absolute Gasteiger partial charge is 0.307 e. The zero-order chi connectivity index (χ0) is 43.1. The largest absolute Gasteiger partial charge is 0.416 e. The predicted octanol–water partition coefficient (Wildman–Crippen LogP) is 15.4. The molecular weight excluding hydrogens is 793 g/mol. The summed E-state index contributed by atoms with van der Waals surface area (Å²) in [7, 11) is 0. The first-order chi connectivity index (χ1) is 29.8. The van der Waals surface area contributed by atoms with Crippen molar-refractivity contribution in [2.75, 3.05) is 0 Å². The molecule has 2 heterocycles. The van der Waals surface area contributed by atoms with Crippen LogP contribution in [-0.2, 0) is 12.4 Å². The lowest BCUT2D eigenvalue weighted by Crippen LogP contribution is -2.11. The molecule has 302 valence electrons. The topological polar surface area (TPSA) is 33.6 Å². The summed E-state index contributed by atoms with van der Waals surface area (Å²) in [5.41, 5.74) is 6.53. The summed E-state index contributed by atoms with van der Waals surface area (Å²) in [6.07, 6.45) is -10.2. The summed E-state index contributed by atoms with van der Waals surface area (Å²) in [6, 6.07) is 50.9. The highest BCUT2D eigenvalue weighted by Gasteiger charge is 2.37. The van der Waals surface area contributed by atoms with Gasteiger partial charge in [0.1, 0.15) is 0 Å². The molecule has 0 aliphatic rings. The van der Waals surface area contributed by atoms with Crippen molar-refractivity contribution in [3.8, 4) is 50.8 Å². The fourth-order valence-corrected chi connectivity index (χ4v) is 8.69.